The molecule has 4 rings (SSSR count). The first-order valence-electron chi connectivity index (χ1n) is 9.62. The number of nitrogens with one attached hydrogen (secondary N) is 2. The number of Topliss-reactive ketones (excluding diaryl/α,β-unsaturated/α-hetero) is 1. The number of H-pyrrole nitrogens is 1. The Morgan fingerprint density at radius 3 is 2.52 bits per heavy atom. The summed E-state index contributed by atoms with van der Waals surface area (Å²) in [6.45, 7) is 1.78. The van der Waals surface area contributed by atoms with E-state index in [1.165, 1.54) is 4.68 Å². The minimum absolute atomic E-state index is 0.0910. The van der Waals surface area contributed by atoms with E-state index in [1.807, 2.05) is 30.3 Å². The standard InChI is InChI=1S/C22H20N6O3/c1-13-11-18(27-28(13)22-25-15-9-5-6-10-16(15)26-22)21(31)24-17(19(29)20(23)30)12-14-7-3-2-4-8-14/h2-11,17H,12H2,1H3,(H2,23,30)(H,24,31)(H,25,26). The van der Waals surface area contributed by atoms with Gasteiger partial charge in [0.1, 0.15) is 6.04 Å². The van der Waals surface area contributed by atoms with E-state index >= 15 is 0 Å². The molecule has 31 heavy (non-hydrogen) atoms. The van der Waals surface area contributed by atoms with Gasteiger partial charge in [-0.25, -0.2) is 9.67 Å². The Morgan fingerprint density at radius 1 is 1.10 bits per heavy atom. The molecule has 0 saturated heterocycles. The smallest absolute Gasteiger partial charge is 0.287 e. The topological polar surface area (TPSA) is 136 Å². The predicted octanol–water partition coefficient (Wildman–Crippen LogP) is 1.45. The molecule has 1 unspecified atom stereocenters. The van der Waals surface area contributed by atoms with E-state index in [4.69, 9.17) is 5.73 Å². The quantitative estimate of drug-likeness (QED) is 0.392. The number of imidazole rings is 1. The molecule has 4 N–H and O–H groups in total. The molecule has 2 amide bonds. The predicted molar refractivity (Wildman–Crippen MR) is 114 cm³/mol. The monoisotopic (exact) mass is 416 g/mol. The number of amides is 2. The number of carbonyl (C=O) groups is 3. The summed E-state index contributed by atoms with van der Waals surface area (Å²) >= 11 is 0. The van der Waals surface area contributed by atoms with Crippen molar-refractivity contribution in [1.29, 1.82) is 0 Å². The molecule has 0 aliphatic carbocycles. The van der Waals surface area contributed by atoms with E-state index in [0.29, 0.717) is 11.6 Å². The highest BCUT2D eigenvalue weighted by atomic mass is 16.2. The lowest BCUT2D eigenvalue weighted by Gasteiger charge is -2.15. The molecule has 2 aromatic carbocycles. The molecule has 0 fully saturated rings. The lowest BCUT2D eigenvalue weighted by atomic mass is 10.0. The number of carbonyl (C=O) groups excluding carboxylic acids is 3. The van der Waals surface area contributed by atoms with Crippen molar-refractivity contribution in [3.63, 3.8) is 0 Å². The molecule has 0 aliphatic heterocycles. The van der Waals surface area contributed by atoms with E-state index in [2.05, 4.69) is 20.4 Å². The lowest BCUT2D eigenvalue weighted by molar-refractivity contribution is -0.137. The molecule has 2 aromatic heterocycles. The Hall–Kier alpha value is -4.27. The lowest BCUT2D eigenvalue weighted by Crippen LogP contribution is -2.47. The average molecular weight is 416 g/mol. The van der Waals surface area contributed by atoms with Crippen LogP contribution in [0.25, 0.3) is 17.0 Å². The summed E-state index contributed by atoms with van der Waals surface area (Å²) < 4.78 is 1.51. The van der Waals surface area contributed by atoms with Crippen molar-refractivity contribution < 1.29 is 14.4 Å². The fourth-order valence-corrected chi connectivity index (χ4v) is 3.30. The van der Waals surface area contributed by atoms with E-state index in [0.717, 1.165) is 16.6 Å². The first-order chi connectivity index (χ1) is 14.9. The van der Waals surface area contributed by atoms with Crippen molar-refractivity contribution in [3.05, 3.63) is 77.6 Å². The van der Waals surface area contributed by atoms with Crippen LogP contribution in [-0.4, -0.2) is 43.4 Å². The normalized spacial score (nSPS) is 11.9. The number of primary amides is 1. The average Bonchev–Trinajstić information content (AvgIpc) is 3.36. The minimum atomic E-state index is -1.11. The van der Waals surface area contributed by atoms with Gasteiger partial charge in [-0.05, 0) is 30.7 Å². The van der Waals surface area contributed by atoms with Crippen LogP contribution in [-0.2, 0) is 16.0 Å². The number of aromatic nitrogens is 4. The van der Waals surface area contributed by atoms with Crippen molar-refractivity contribution in [2.24, 2.45) is 5.73 Å². The molecule has 0 saturated carbocycles. The van der Waals surface area contributed by atoms with Crippen LogP contribution in [0, 0.1) is 6.92 Å². The summed E-state index contributed by atoms with van der Waals surface area (Å²) in [5.41, 5.74) is 8.33. The van der Waals surface area contributed by atoms with E-state index in [-0.39, 0.29) is 12.1 Å². The molecule has 9 heteroatoms. The van der Waals surface area contributed by atoms with Crippen LogP contribution < -0.4 is 11.1 Å². The zero-order chi connectivity index (χ0) is 22.0. The maximum absolute atomic E-state index is 12.8. The third-order valence-electron chi connectivity index (χ3n) is 4.84. The molecule has 2 heterocycles. The Morgan fingerprint density at radius 2 is 1.81 bits per heavy atom. The SMILES string of the molecule is Cc1cc(C(=O)NC(Cc2ccccc2)C(=O)C(N)=O)nn1-c1nc2ccccc2[nH]1. The van der Waals surface area contributed by atoms with Gasteiger partial charge in [-0.1, -0.05) is 42.5 Å². The fourth-order valence-electron chi connectivity index (χ4n) is 3.30. The number of para-hydroxylation sites is 2. The van der Waals surface area contributed by atoms with Crippen LogP contribution in [0.3, 0.4) is 0 Å². The molecule has 0 bridgehead atoms. The van der Waals surface area contributed by atoms with Crippen LogP contribution in [0.2, 0.25) is 0 Å². The molecule has 156 valence electrons. The van der Waals surface area contributed by atoms with E-state index in [1.54, 1.807) is 37.3 Å². The molecule has 0 spiro atoms. The van der Waals surface area contributed by atoms with Crippen molar-refractivity contribution in [3.8, 4) is 5.95 Å². The summed E-state index contributed by atoms with van der Waals surface area (Å²) in [7, 11) is 0. The second-order valence-electron chi connectivity index (χ2n) is 7.10. The van der Waals surface area contributed by atoms with E-state index < -0.39 is 23.6 Å². The number of nitrogens with two attached hydrogens (primary N) is 1. The number of fused-ring (bicyclic) bond motifs is 1. The zero-order valence-corrected chi connectivity index (χ0v) is 16.7. The molecule has 0 radical (unpaired) electrons. The van der Waals surface area contributed by atoms with Gasteiger partial charge < -0.3 is 16.0 Å². The van der Waals surface area contributed by atoms with Gasteiger partial charge in [-0.15, -0.1) is 0 Å². The third kappa shape index (κ3) is 4.20. The second-order valence-corrected chi connectivity index (χ2v) is 7.10. The molecular formula is C22H20N6O3. The number of rotatable bonds is 7. The molecule has 1 atom stereocenters. The molecule has 4 aromatic rings. The highest BCUT2D eigenvalue weighted by molar-refractivity contribution is 6.38. The van der Waals surface area contributed by atoms with Gasteiger partial charge >= 0.3 is 0 Å². The Kier molecular flexibility index (Phi) is 5.31. The summed E-state index contributed by atoms with van der Waals surface area (Å²) in [5.74, 6) is -2.10. The van der Waals surface area contributed by atoms with Crippen LogP contribution in [0.1, 0.15) is 21.7 Å². The first-order valence-corrected chi connectivity index (χ1v) is 9.62. The van der Waals surface area contributed by atoms with E-state index in [9.17, 15) is 14.4 Å². The van der Waals surface area contributed by atoms with Crippen molar-refractivity contribution >= 4 is 28.6 Å². The summed E-state index contributed by atoms with van der Waals surface area (Å²) in [4.78, 5) is 44.2. The number of hydrogen-bond acceptors (Lipinski definition) is 5. The number of aromatic amines is 1. The van der Waals surface area contributed by atoms with Crippen molar-refractivity contribution in [2.45, 2.75) is 19.4 Å². The zero-order valence-electron chi connectivity index (χ0n) is 16.7. The second kappa shape index (κ2) is 8.23. The summed E-state index contributed by atoms with van der Waals surface area (Å²) in [6, 6.07) is 17.1. The van der Waals surface area contributed by atoms with Crippen molar-refractivity contribution in [1.82, 2.24) is 25.1 Å². The maximum atomic E-state index is 12.8. The van der Waals surface area contributed by atoms with Gasteiger partial charge in [-0.3, -0.25) is 14.4 Å². The maximum Gasteiger partial charge on any atom is 0.287 e. The van der Waals surface area contributed by atoms with Crippen LogP contribution in [0.4, 0.5) is 0 Å². The van der Waals surface area contributed by atoms with Crippen LogP contribution in [0.15, 0.2) is 60.7 Å². The molecule has 9 nitrogen and oxygen atoms in total. The first kappa shape index (κ1) is 20.0. The number of hydrogen-bond donors (Lipinski definition) is 3. The van der Waals surface area contributed by atoms with Gasteiger partial charge in [0.25, 0.3) is 11.8 Å². The Bertz CT molecular complexity index is 1240. The summed E-state index contributed by atoms with van der Waals surface area (Å²) in [5, 5.41) is 6.91. The minimum Gasteiger partial charge on any atom is -0.363 e. The number of nitrogens with zero attached hydrogens (tertiary/aromatic N) is 3. The molecule has 0 aliphatic rings. The number of ketones is 1. The number of benzene rings is 2. The van der Waals surface area contributed by atoms with Crippen LogP contribution in [0.5, 0.6) is 0 Å². The molecular weight excluding hydrogens is 396 g/mol. The highest BCUT2D eigenvalue weighted by Crippen LogP contribution is 2.15. The van der Waals surface area contributed by atoms with Gasteiger partial charge in [-0.2, -0.15) is 5.10 Å². The summed E-state index contributed by atoms with van der Waals surface area (Å²) in [6.07, 6.45) is 0.137. The largest absolute Gasteiger partial charge is 0.363 e. The van der Waals surface area contributed by atoms with Crippen molar-refractivity contribution in [2.75, 3.05) is 0 Å². The fraction of sp³-hybridized carbons (Fsp3) is 0.136. The third-order valence-corrected chi connectivity index (χ3v) is 4.84. The van der Waals surface area contributed by atoms with Gasteiger partial charge in [0.05, 0.1) is 11.0 Å². The number of aryl methyl sites for hydroxylation is 1. The highest BCUT2D eigenvalue weighted by Gasteiger charge is 2.27. The Balaban J connectivity index is 1.58. The van der Waals surface area contributed by atoms with Gasteiger partial charge in [0.2, 0.25) is 11.7 Å². The van der Waals surface area contributed by atoms with Crippen LogP contribution >= 0.6 is 0 Å². The van der Waals surface area contributed by atoms with Gasteiger partial charge in [0.15, 0.2) is 5.69 Å². The van der Waals surface area contributed by atoms with Gasteiger partial charge in [0, 0.05) is 12.1 Å². The Labute approximate surface area is 177 Å².